The summed E-state index contributed by atoms with van der Waals surface area (Å²) in [7, 11) is 0. The number of unbranched alkanes of at least 4 members (excludes halogenated alkanes) is 2. The van der Waals surface area contributed by atoms with Crippen LogP contribution in [0.15, 0.2) is 11.6 Å². The monoisotopic (exact) mass is 220 g/mol. The highest BCUT2D eigenvalue weighted by Crippen LogP contribution is 2.65. The number of hydrogen-bond donors (Lipinski definition) is 0. The second-order valence-electron chi connectivity index (χ2n) is 6.28. The van der Waals surface area contributed by atoms with Gasteiger partial charge >= 0.3 is 0 Å². The van der Waals surface area contributed by atoms with Crippen LogP contribution in [0.2, 0.25) is 0 Å². The van der Waals surface area contributed by atoms with Crippen molar-refractivity contribution >= 4 is 5.78 Å². The molecule has 2 rings (SSSR count). The highest BCUT2D eigenvalue weighted by molar-refractivity contribution is 6.04. The predicted molar refractivity (Wildman–Crippen MR) is 67.2 cm³/mol. The Labute approximate surface area is 99.3 Å². The standard InChI is InChI=1S/C15H24O/c1-5-6-7-8-11-12-9-10-15(4,13(11)16)14(12,2)3/h8,12H,5-7,9-10H2,1-4H3/b11-8+/t12-,15-/m0/s1. The summed E-state index contributed by atoms with van der Waals surface area (Å²) in [5.74, 6) is 0.978. The van der Waals surface area contributed by atoms with E-state index in [9.17, 15) is 4.79 Å². The maximum Gasteiger partial charge on any atom is 0.165 e. The van der Waals surface area contributed by atoms with E-state index >= 15 is 0 Å². The highest BCUT2D eigenvalue weighted by atomic mass is 16.1. The lowest BCUT2D eigenvalue weighted by molar-refractivity contribution is -0.125. The normalized spacial score (nSPS) is 38.6. The third-order valence-electron chi connectivity index (χ3n) is 5.29. The van der Waals surface area contributed by atoms with Crippen molar-refractivity contribution in [3.8, 4) is 0 Å². The summed E-state index contributed by atoms with van der Waals surface area (Å²) >= 11 is 0. The Hall–Kier alpha value is -0.590. The van der Waals surface area contributed by atoms with Gasteiger partial charge in [0.1, 0.15) is 0 Å². The molecule has 1 nitrogen and oxygen atoms in total. The summed E-state index contributed by atoms with van der Waals surface area (Å²) < 4.78 is 0. The van der Waals surface area contributed by atoms with Crippen molar-refractivity contribution in [2.24, 2.45) is 16.7 Å². The van der Waals surface area contributed by atoms with Crippen molar-refractivity contribution in [3.63, 3.8) is 0 Å². The van der Waals surface area contributed by atoms with Gasteiger partial charge in [-0.1, -0.05) is 46.6 Å². The number of Topliss-reactive ketones (excluding diaryl/α,β-unsaturated/α-hetero) is 1. The van der Waals surface area contributed by atoms with Gasteiger partial charge < -0.3 is 0 Å². The minimum Gasteiger partial charge on any atom is -0.294 e. The van der Waals surface area contributed by atoms with Gasteiger partial charge in [-0.05, 0) is 36.2 Å². The van der Waals surface area contributed by atoms with Gasteiger partial charge in [-0.3, -0.25) is 4.79 Å². The third-order valence-corrected chi connectivity index (χ3v) is 5.29. The van der Waals surface area contributed by atoms with E-state index in [4.69, 9.17) is 0 Å². The van der Waals surface area contributed by atoms with Crippen LogP contribution in [0.3, 0.4) is 0 Å². The average Bonchev–Trinajstić information content (AvgIpc) is 2.53. The van der Waals surface area contributed by atoms with E-state index in [0.717, 1.165) is 18.4 Å². The molecule has 2 aliphatic carbocycles. The number of carbonyl (C=O) groups excluding carboxylic acids is 1. The molecule has 0 heterocycles. The molecule has 1 heteroatoms. The van der Waals surface area contributed by atoms with E-state index in [2.05, 4.69) is 33.8 Å². The smallest absolute Gasteiger partial charge is 0.165 e. The molecular formula is C15H24O. The zero-order valence-electron chi connectivity index (χ0n) is 11.1. The summed E-state index contributed by atoms with van der Waals surface area (Å²) in [5.41, 5.74) is 1.27. The van der Waals surface area contributed by atoms with Crippen LogP contribution >= 0.6 is 0 Å². The predicted octanol–water partition coefficient (Wildman–Crippen LogP) is 4.13. The molecule has 0 amide bonds. The summed E-state index contributed by atoms with van der Waals surface area (Å²) in [6, 6.07) is 0. The Bertz CT molecular complexity index is 337. The minimum atomic E-state index is -0.0737. The summed E-state index contributed by atoms with van der Waals surface area (Å²) in [5, 5.41) is 0. The van der Waals surface area contributed by atoms with Crippen LogP contribution < -0.4 is 0 Å². The van der Waals surface area contributed by atoms with Crippen LogP contribution in [-0.2, 0) is 4.79 Å². The molecule has 0 aromatic carbocycles. The first-order chi connectivity index (χ1) is 7.45. The van der Waals surface area contributed by atoms with E-state index in [0.29, 0.717) is 11.7 Å². The molecule has 0 radical (unpaired) electrons. The molecule has 0 N–H and O–H groups in total. The van der Waals surface area contributed by atoms with Crippen molar-refractivity contribution in [2.75, 3.05) is 0 Å². The van der Waals surface area contributed by atoms with E-state index in [1.54, 1.807) is 0 Å². The van der Waals surface area contributed by atoms with Crippen molar-refractivity contribution in [3.05, 3.63) is 11.6 Å². The summed E-state index contributed by atoms with van der Waals surface area (Å²) in [6.07, 6.45) is 8.05. The summed E-state index contributed by atoms with van der Waals surface area (Å²) in [4.78, 5) is 12.4. The van der Waals surface area contributed by atoms with Crippen molar-refractivity contribution in [2.45, 2.75) is 59.8 Å². The van der Waals surface area contributed by atoms with Gasteiger partial charge in [0.05, 0.1) is 0 Å². The maximum atomic E-state index is 12.4. The number of ketones is 1. The molecule has 0 aromatic heterocycles. The van der Waals surface area contributed by atoms with Crippen molar-refractivity contribution in [1.29, 1.82) is 0 Å². The third kappa shape index (κ3) is 1.33. The fraction of sp³-hybridized carbons (Fsp3) is 0.800. The van der Waals surface area contributed by atoms with Gasteiger partial charge in [-0.2, -0.15) is 0 Å². The zero-order valence-corrected chi connectivity index (χ0v) is 11.1. The Balaban J connectivity index is 2.26. The fourth-order valence-corrected chi connectivity index (χ4v) is 3.62. The van der Waals surface area contributed by atoms with Crippen LogP contribution in [0.1, 0.15) is 59.8 Å². The molecule has 2 saturated carbocycles. The number of allylic oxidation sites excluding steroid dienone is 2. The number of rotatable bonds is 3. The van der Waals surface area contributed by atoms with Crippen LogP contribution in [0, 0.1) is 16.7 Å². The molecule has 16 heavy (non-hydrogen) atoms. The average molecular weight is 220 g/mol. The van der Waals surface area contributed by atoms with Gasteiger partial charge in [0.2, 0.25) is 0 Å². The molecule has 2 atom stereocenters. The SMILES string of the molecule is CCCC/C=C1/C(=O)[C@]2(C)CC[C@@H]1C2(C)C. The molecule has 2 aliphatic rings. The largest absolute Gasteiger partial charge is 0.294 e. The molecule has 0 aliphatic heterocycles. The maximum absolute atomic E-state index is 12.4. The zero-order chi connectivity index (χ0) is 12.0. The van der Waals surface area contributed by atoms with E-state index in [1.807, 2.05) is 0 Å². The number of carbonyl (C=O) groups is 1. The van der Waals surface area contributed by atoms with Crippen molar-refractivity contribution in [1.82, 2.24) is 0 Å². The second-order valence-corrected chi connectivity index (χ2v) is 6.28. The number of hydrogen-bond acceptors (Lipinski definition) is 1. The lowest BCUT2D eigenvalue weighted by Crippen LogP contribution is -2.32. The molecule has 0 spiro atoms. The Morgan fingerprint density at radius 1 is 1.38 bits per heavy atom. The quantitative estimate of drug-likeness (QED) is 0.516. The second kappa shape index (κ2) is 3.72. The lowest BCUT2D eigenvalue weighted by atomic mass is 9.70. The topological polar surface area (TPSA) is 17.1 Å². The van der Waals surface area contributed by atoms with Crippen LogP contribution in [0.5, 0.6) is 0 Å². The van der Waals surface area contributed by atoms with Crippen molar-refractivity contribution < 1.29 is 4.79 Å². The molecule has 0 aromatic rings. The molecular weight excluding hydrogens is 196 g/mol. The highest BCUT2D eigenvalue weighted by Gasteiger charge is 2.63. The Morgan fingerprint density at radius 2 is 2.06 bits per heavy atom. The first-order valence-corrected chi connectivity index (χ1v) is 6.70. The Morgan fingerprint density at radius 3 is 2.56 bits per heavy atom. The molecule has 2 bridgehead atoms. The first-order valence-electron chi connectivity index (χ1n) is 6.70. The first kappa shape index (κ1) is 11.9. The van der Waals surface area contributed by atoms with Gasteiger partial charge in [-0.25, -0.2) is 0 Å². The van der Waals surface area contributed by atoms with Gasteiger partial charge in [-0.15, -0.1) is 0 Å². The molecule has 0 saturated heterocycles. The van der Waals surface area contributed by atoms with E-state index in [1.165, 1.54) is 19.3 Å². The lowest BCUT2D eigenvalue weighted by Gasteiger charge is -2.31. The van der Waals surface area contributed by atoms with E-state index < -0.39 is 0 Å². The van der Waals surface area contributed by atoms with Gasteiger partial charge in [0, 0.05) is 5.41 Å². The molecule has 90 valence electrons. The minimum absolute atomic E-state index is 0.0737. The Kier molecular flexibility index (Phi) is 2.76. The summed E-state index contributed by atoms with van der Waals surface area (Å²) in [6.45, 7) is 8.94. The van der Waals surface area contributed by atoms with Crippen LogP contribution in [0.25, 0.3) is 0 Å². The molecule has 2 fully saturated rings. The fourth-order valence-electron chi connectivity index (χ4n) is 3.62. The van der Waals surface area contributed by atoms with Gasteiger partial charge in [0.15, 0.2) is 5.78 Å². The number of fused-ring (bicyclic) bond motifs is 2. The van der Waals surface area contributed by atoms with E-state index in [-0.39, 0.29) is 10.8 Å². The van der Waals surface area contributed by atoms with Crippen LogP contribution in [0.4, 0.5) is 0 Å². The van der Waals surface area contributed by atoms with Crippen LogP contribution in [-0.4, -0.2) is 5.78 Å². The molecule has 0 unspecified atom stereocenters. The van der Waals surface area contributed by atoms with Gasteiger partial charge in [0.25, 0.3) is 0 Å².